The summed E-state index contributed by atoms with van der Waals surface area (Å²) in [7, 11) is 0. The Labute approximate surface area is 113 Å². The van der Waals surface area contributed by atoms with Crippen LogP contribution in [0.2, 0.25) is 5.02 Å². The summed E-state index contributed by atoms with van der Waals surface area (Å²) in [6, 6.07) is 4.96. The molecular formula is C14H20ClNO2. The minimum Gasteiger partial charge on any atom is -0.462 e. The second-order valence-corrected chi connectivity index (χ2v) is 5.42. The Kier molecular flexibility index (Phi) is 5.48. The summed E-state index contributed by atoms with van der Waals surface area (Å²) in [5.41, 5.74) is 6.36. The maximum Gasteiger partial charge on any atom is 0.339 e. The highest BCUT2D eigenvalue weighted by molar-refractivity contribution is 6.36. The van der Waals surface area contributed by atoms with Gasteiger partial charge in [0.25, 0.3) is 0 Å². The topological polar surface area (TPSA) is 52.3 Å². The Balaban J connectivity index is 2.58. The molecule has 1 unspecified atom stereocenters. The Hall–Kier alpha value is -1.22. The third-order valence-corrected chi connectivity index (χ3v) is 3.04. The molecule has 4 heteroatoms. The van der Waals surface area contributed by atoms with E-state index < -0.39 is 5.97 Å². The van der Waals surface area contributed by atoms with Gasteiger partial charge < -0.3 is 10.5 Å². The lowest BCUT2D eigenvalue weighted by Gasteiger charge is -2.14. The van der Waals surface area contributed by atoms with Gasteiger partial charge in [0.05, 0.1) is 22.9 Å². The van der Waals surface area contributed by atoms with E-state index in [2.05, 4.69) is 20.8 Å². The van der Waals surface area contributed by atoms with Crippen molar-refractivity contribution in [2.75, 3.05) is 12.3 Å². The molecule has 0 amide bonds. The number of nitrogens with two attached hydrogens (primary N) is 1. The summed E-state index contributed by atoms with van der Waals surface area (Å²) in [4.78, 5) is 11.8. The fourth-order valence-corrected chi connectivity index (χ4v) is 2.08. The molecule has 0 bridgehead atoms. The molecule has 0 heterocycles. The van der Waals surface area contributed by atoms with E-state index in [0.29, 0.717) is 29.7 Å². The van der Waals surface area contributed by atoms with E-state index in [4.69, 9.17) is 22.1 Å². The largest absolute Gasteiger partial charge is 0.462 e. The fraction of sp³-hybridized carbons (Fsp3) is 0.500. The van der Waals surface area contributed by atoms with E-state index >= 15 is 0 Å². The van der Waals surface area contributed by atoms with Crippen LogP contribution in [0, 0.1) is 11.8 Å². The summed E-state index contributed by atoms with van der Waals surface area (Å²) in [5, 5.41) is 0.263. The van der Waals surface area contributed by atoms with Crippen molar-refractivity contribution in [2.45, 2.75) is 27.2 Å². The molecule has 0 spiro atoms. The highest BCUT2D eigenvalue weighted by Crippen LogP contribution is 2.24. The van der Waals surface area contributed by atoms with Gasteiger partial charge in [0.1, 0.15) is 0 Å². The van der Waals surface area contributed by atoms with Crippen LogP contribution in [0.4, 0.5) is 5.69 Å². The molecule has 1 rings (SSSR count). The van der Waals surface area contributed by atoms with Crippen LogP contribution in [-0.4, -0.2) is 12.6 Å². The highest BCUT2D eigenvalue weighted by atomic mass is 35.5. The second kappa shape index (κ2) is 6.64. The molecule has 0 aromatic heterocycles. The molecule has 1 atom stereocenters. The van der Waals surface area contributed by atoms with Gasteiger partial charge in [-0.25, -0.2) is 4.79 Å². The van der Waals surface area contributed by atoms with Crippen LogP contribution >= 0.6 is 11.6 Å². The van der Waals surface area contributed by atoms with Crippen molar-refractivity contribution >= 4 is 23.3 Å². The van der Waals surface area contributed by atoms with Gasteiger partial charge >= 0.3 is 5.97 Å². The lowest BCUT2D eigenvalue weighted by Crippen LogP contribution is -2.14. The summed E-state index contributed by atoms with van der Waals surface area (Å²) in [5.74, 6) is 0.520. The number of carbonyl (C=O) groups excluding carboxylic acids is 1. The molecule has 0 radical (unpaired) electrons. The van der Waals surface area contributed by atoms with Crippen molar-refractivity contribution in [3.8, 4) is 0 Å². The number of esters is 1. The smallest absolute Gasteiger partial charge is 0.339 e. The molecule has 0 saturated heterocycles. The molecule has 0 aliphatic heterocycles. The number of carbonyl (C=O) groups is 1. The second-order valence-electron chi connectivity index (χ2n) is 5.04. The Morgan fingerprint density at radius 2 is 2.06 bits per heavy atom. The van der Waals surface area contributed by atoms with E-state index in [-0.39, 0.29) is 5.02 Å². The number of ether oxygens (including phenoxy) is 1. The summed E-state index contributed by atoms with van der Waals surface area (Å²) >= 11 is 5.96. The third kappa shape index (κ3) is 4.22. The summed E-state index contributed by atoms with van der Waals surface area (Å²) in [6.07, 6.45) is 1.03. The average molecular weight is 270 g/mol. The molecular weight excluding hydrogens is 250 g/mol. The zero-order valence-corrected chi connectivity index (χ0v) is 11.8. The van der Waals surface area contributed by atoms with E-state index in [1.165, 1.54) is 0 Å². The molecule has 3 nitrogen and oxygen atoms in total. The zero-order valence-electron chi connectivity index (χ0n) is 11.1. The van der Waals surface area contributed by atoms with Gasteiger partial charge in [-0.2, -0.15) is 0 Å². The van der Waals surface area contributed by atoms with Gasteiger partial charge in [-0.05, 0) is 30.4 Å². The SMILES string of the molecule is CC(C)CC(C)COC(=O)c1cccc(N)c1Cl. The molecule has 0 aliphatic rings. The molecule has 100 valence electrons. The number of hydrogen-bond donors (Lipinski definition) is 1. The fourth-order valence-electron chi connectivity index (χ4n) is 1.88. The molecule has 1 aromatic carbocycles. The molecule has 0 aliphatic carbocycles. The maximum atomic E-state index is 11.8. The molecule has 0 fully saturated rings. The first-order chi connectivity index (χ1) is 8.41. The van der Waals surface area contributed by atoms with Crippen molar-refractivity contribution in [1.29, 1.82) is 0 Å². The zero-order chi connectivity index (χ0) is 13.7. The number of halogens is 1. The third-order valence-electron chi connectivity index (χ3n) is 2.62. The first kappa shape index (κ1) is 14.8. The van der Waals surface area contributed by atoms with E-state index in [1.807, 2.05) is 0 Å². The van der Waals surface area contributed by atoms with Crippen LogP contribution in [0.1, 0.15) is 37.6 Å². The first-order valence-corrected chi connectivity index (χ1v) is 6.50. The average Bonchev–Trinajstić information content (AvgIpc) is 2.29. The Bertz CT molecular complexity index is 418. The van der Waals surface area contributed by atoms with Gasteiger partial charge in [0.2, 0.25) is 0 Å². The quantitative estimate of drug-likeness (QED) is 0.654. The lowest BCUT2D eigenvalue weighted by molar-refractivity contribution is 0.0436. The van der Waals surface area contributed by atoms with Gasteiger partial charge in [0.15, 0.2) is 0 Å². The molecule has 1 aromatic rings. The first-order valence-electron chi connectivity index (χ1n) is 6.13. The number of rotatable bonds is 5. The molecule has 0 saturated carbocycles. The summed E-state index contributed by atoms with van der Waals surface area (Å²) < 4.78 is 5.25. The van der Waals surface area contributed by atoms with Crippen LogP contribution in [0.5, 0.6) is 0 Å². The number of hydrogen-bond acceptors (Lipinski definition) is 3. The maximum absolute atomic E-state index is 11.8. The van der Waals surface area contributed by atoms with Crippen molar-refractivity contribution in [3.05, 3.63) is 28.8 Å². The van der Waals surface area contributed by atoms with Gasteiger partial charge in [-0.1, -0.05) is 38.4 Å². The van der Waals surface area contributed by atoms with Gasteiger partial charge in [-0.3, -0.25) is 0 Å². The Morgan fingerprint density at radius 3 is 2.67 bits per heavy atom. The Morgan fingerprint density at radius 1 is 1.39 bits per heavy atom. The highest BCUT2D eigenvalue weighted by Gasteiger charge is 2.15. The van der Waals surface area contributed by atoms with E-state index in [0.717, 1.165) is 6.42 Å². The standard InChI is InChI=1S/C14H20ClNO2/c1-9(2)7-10(3)8-18-14(17)11-5-4-6-12(16)13(11)15/h4-6,9-10H,7-8,16H2,1-3H3. The lowest BCUT2D eigenvalue weighted by atomic mass is 10.00. The molecule has 2 N–H and O–H groups in total. The normalized spacial score (nSPS) is 12.5. The van der Waals surface area contributed by atoms with Crippen LogP contribution in [0.3, 0.4) is 0 Å². The van der Waals surface area contributed by atoms with Crippen molar-refractivity contribution < 1.29 is 9.53 Å². The minimum absolute atomic E-state index is 0.263. The van der Waals surface area contributed by atoms with Crippen LogP contribution < -0.4 is 5.73 Å². The van der Waals surface area contributed by atoms with Gasteiger partial charge in [0, 0.05) is 0 Å². The predicted octanol–water partition coefficient (Wildman–Crippen LogP) is 3.76. The van der Waals surface area contributed by atoms with Crippen molar-refractivity contribution in [1.82, 2.24) is 0 Å². The number of benzene rings is 1. The summed E-state index contributed by atoms with van der Waals surface area (Å²) in [6.45, 7) is 6.76. The predicted molar refractivity (Wildman–Crippen MR) is 74.8 cm³/mol. The number of anilines is 1. The van der Waals surface area contributed by atoms with Crippen LogP contribution in [0.15, 0.2) is 18.2 Å². The molecule has 18 heavy (non-hydrogen) atoms. The minimum atomic E-state index is -0.414. The van der Waals surface area contributed by atoms with E-state index in [9.17, 15) is 4.79 Å². The van der Waals surface area contributed by atoms with Crippen LogP contribution in [-0.2, 0) is 4.74 Å². The van der Waals surface area contributed by atoms with Crippen molar-refractivity contribution in [2.24, 2.45) is 11.8 Å². The monoisotopic (exact) mass is 269 g/mol. The van der Waals surface area contributed by atoms with Crippen LogP contribution in [0.25, 0.3) is 0 Å². The van der Waals surface area contributed by atoms with Gasteiger partial charge in [-0.15, -0.1) is 0 Å². The number of nitrogen functional groups attached to an aromatic ring is 1. The van der Waals surface area contributed by atoms with E-state index in [1.54, 1.807) is 18.2 Å². The van der Waals surface area contributed by atoms with Crippen molar-refractivity contribution in [3.63, 3.8) is 0 Å².